The van der Waals surface area contributed by atoms with Crippen LogP contribution in [-0.2, 0) is 33.3 Å². The third-order valence-electron chi connectivity index (χ3n) is 4.50. The second-order valence-electron chi connectivity index (χ2n) is 7.28. The predicted molar refractivity (Wildman–Crippen MR) is 90.2 cm³/mol. The maximum Gasteiger partial charge on any atom is 0.330 e. The summed E-state index contributed by atoms with van der Waals surface area (Å²) < 4.78 is 27.3. The average Bonchev–Trinajstić information content (AvgIpc) is 2.87. The van der Waals surface area contributed by atoms with Gasteiger partial charge in [-0.05, 0) is 27.2 Å². The quantitative estimate of drug-likeness (QED) is 0.546. The summed E-state index contributed by atoms with van der Waals surface area (Å²) in [6, 6.07) is 0. The highest BCUT2D eigenvalue weighted by Crippen LogP contribution is 2.42. The number of hydrogen-bond acceptors (Lipinski definition) is 8. The molecule has 0 spiro atoms. The zero-order chi connectivity index (χ0) is 19.5. The Kier molecular flexibility index (Phi) is 6.44. The van der Waals surface area contributed by atoms with E-state index in [9.17, 15) is 14.7 Å². The van der Waals surface area contributed by atoms with E-state index in [1.807, 2.05) is 0 Å². The van der Waals surface area contributed by atoms with Crippen molar-refractivity contribution in [2.24, 2.45) is 0 Å². The van der Waals surface area contributed by atoms with E-state index in [1.54, 1.807) is 20.8 Å². The fourth-order valence-electron chi connectivity index (χ4n) is 3.30. The van der Waals surface area contributed by atoms with Crippen LogP contribution in [0, 0.1) is 0 Å². The highest BCUT2D eigenvalue weighted by atomic mass is 16.8. The highest BCUT2D eigenvalue weighted by molar-refractivity contribution is 5.82. The molecule has 2 rings (SSSR count). The van der Waals surface area contributed by atoms with Gasteiger partial charge in [-0.15, -0.1) is 0 Å². The molecule has 0 aromatic carbocycles. The molecule has 0 bridgehead atoms. The molecule has 0 aromatic heterocycles. The van der Waals surface area contributed by atoms with Gasteiger partial charge in [-0.1, -0.05) is 5.57 Å². The van der Waals surface area contributed by atoms with Crippen molar-refractivity contribution in [1.29, 1.82) is 0 Å². The topological polar surface area (TPSA) is 101 Å². The van der Waals surface area contributed by atoms with Gasteiger partial charge in [0.25, 0.3) is 0 Å². The number of methoxy groups -OCH3 is 1. The lowest BCUT2D eigenvalue weighted by Gasteiger charge is -2.43. The molecule has 2 aliphatic heterocycles. The Morgan fingerprint density at radius 1 is 1.27 bits per heavy atom. The Hall–Kier alpha value is -1.48. The van der Waals surface area contributed by atoms with Crippen molar-refractivity contribution in [3.05, 3.63) is 11.6 Å². The van der Waals surface area contributed by atoms with Crippen molar-refractivity contribution in [3.63, 3.8) is 0 Å². The Bertz CT molecular complexity index is 570. The molecule has 2 heterocycles. The van der Waals surface area contributed by atoms with Crippen LogP contribution in [0.2, 0.25) is 0 Å². The third-order valence-corrected chi connectivity index (χ3v) is 4.50. The molecular weight excluding hydrogens is 344 g/mol. The minimum Gasteiger partial charge on any atom is -0.466 e. The smallest absolute Gasteiger partial charge is 0.330 e. The van der Waals surface area contributed by atoms with E-state index in [4.69, 9.17) is 18.9 Å². The number of carbonyl (C=O) groups is 2. The molecule has 2 aliphatic rings. The molecule has 4 atom stereocenters. The van der Waals surface area contributed by atoms with E-state index in [2.05, 4.69) is 4.74 Å². The molecule has 8 heteroatoms. The van der Waals surface area contributed by atoms with Crippen LogP contribution in [0.25, 0.3) is 0 Å². The second-order valence-corrected chi connectivity index (χ2v) is 7.28. The normalized spacial score (nSPS) is 33.5. The molecule has 0 saturated carbocycles. The van der Waals surface area contributed by atoms with Gasteiger partial charge >= 0.3 is 11.9 Å². The molecular formula is C18H28O8. The number of aliphatic hydroxyl groups is 1. The summed E-state index contributed by atoms with van der Waals surface area (Å²) in [5.41, 5.74) is -0.552. The molecule has 2 fully saturated rings. The zero-order valence-corrected chi connectivity index (χ0v) is 15.9. The molecule has 0 aliphatic carbocycles. The van der Waals surface area contributed by atoms with Crippen molar-refractivity contribution in [2.75, 3.05) is 20.3 Å². The summed E-state index contributed by atoms with van der Waals surface area (Å²) in [5.74, 6) is -1.72. The lowest BCUT2D eigenvalue weighted by atomic mass is 9.84. The van der Waals surface area contributed by atoms with Gasteiger partial charge in [0.15, 0.2) is 5.79 Å². The van der Waals surface area contributed by atoms with E-state index < -0.39 is 35.5 Å². The van der Waals surface area contributed by atoms with Crippen molar-refractivity contribution >= 4 is 11.9 Å². The minimum absolute atomic E-state index is 0.0189. The molecule has 26 heavy (non-hydrogen) atoms. The van der Waals surface area contributed by atoms with Gasteiger partial charge in [-0.3, -0.25) is 4.79 Å². The molecule has 0 amide bonds. The maximum atomic E-state index is 11.4. The van der Waals surface area contributed by atoms with E-state index >= 15 is 0 Å². The Morgan fingerprint density at radius 2 is 1.96 bits per heavy atom. The molecule has 2 saturated heterocycles. The number of hydrogen-bond donors (Lipinski definition) is 1. The van der Waals surface area contributed by atoms with Gasteiger partial charge in [-0.25, -0.2) is 4.79 Å². The Morgan fingerprint density at radius 3 is 2.58 bits per heavy atom. The van der Waals surface area contributed by atoms with Crippen LogP contribution in [0.15, 0.2) is 11.6 Å². The van der Waals surface area contributed by atoms with Crippen LogP contribution in [0.1, 0.15) is 40.5 Å². The van der Waals surface area contributed by atoms with Gasteiger partial charge in [0.2, 0.25) is 0 Å². The zero-order valence-electron chi connectivity index (χ0n) is 15.9. The van der Waals surface area contributed by atoms with Gasteiger partial charge in [-0.2, -0.15) is 0 Å². The van der Waals surface area contributed by atoms with Gasteiger partial charge in [0.1, 0.15) is 17.8 Å². The minimum atomic E-state index is -1.33. The number of carbonyl (C=O) groups excluding carboxylic acids is 2. The molecule has 0 aromatic rings. The summed E-state index contributed by atoms with van der Waals surface area (Å²) in [6.45, 7) is 6.74. The van der Waals surface area contributed by atoms with Crippen LogP contribution >= 0.6 is 0 Å². The number of ether oxygens (including phenoxy) is 5. The monoisotopic (exact) mass is 372 g/mol. The summed E-state index contributed by atoms with van der Waals surface area (Å²) >= 11 is 0. The van der Waals surface area contributed by atoms with E-state index in [0.717, 1.165) is 5.57 Å². The number of rotatable bonds is 6. The molecule has 8 nitrogen and oxygen atoms in total. The van der Waals surface area contributed by atoms with Crippen molar-refractivity contribution in [3.8, 4) is 0 Å². The fraction of sp³-hybridized carbons (Fsp3) is 0.778. The summed E-state index contributed by atoms with van der Waals surface area (Å²) in [7, 11) is 1.32. The van der Waals surface area contributed by atoms with Crippen LogP contribution in [0.4, 0.5) is 0 Å². The first-order chi connectivity index (χ1) is 12.1. The number of fused-ring (bicyclic) bond motifs is 1. The summed E-state index contributed by atoms with van der Waals surface area (Å²) in [5, 5.41) is 11.0. The largest absolute Gasteiger partial charge is 0.466 e. The SMILES string of the molecule is COC(=O)/C=C(\C)CC1OCC(O)(CCOC(C)=O)C2OC(C)(C)OC12. The van der Waals surface area contributed by atoms with Crippen LogP contribution in [0.3, 0.4) is 0 Å². The number of esters is 2. The Labute approximate surface area is 153 Å². The highest BCUT2D eigenvalue weighted by Gasteiger charge is 2.58. The maximum absolute atomic E-state index is 11.4. The summed E-state index contributed by atoms with van der Waals surface area (Å²) in [6.07, 6.45) is 0.504. The second kappa shape index (κ2) is 8.04. The van der Waals surface area contributed by atoms with Gasteiger partial charge in [0.05, 0.1) is 26.4 Å². The van der Waals surface area contributed by atoms with Gasteiger partial charge < -0.3 is 28.8 Å². The lowest BCUT2D eigenvalue weighted by Crippen LogP contribution is -2.60. The van der Waals surface area contributed by atoms with Crippen LogP contribution in [-0.4, -0.2) is 67.1 Å². The lowest BCUT2D eigenvalue weighted by molar-refractivity contribution is -0.207. The molecule has 1 N–H and O–H groups in total. The van der Waals surface area contributed by atoms with E-state index in [-0.39, 0.29) is 25.7 Å². The van der Waals surface area contributed by atoms with Crippen LogP contribution in [0.5, 0.6) is 0 Å². The predicted octanol–water partition coefficient (Wildman–Crippen LogP) is 1.10. The first kappa shape index (κ1) is 20.8. The van der Waals surface area contributed by atoms with Crippen molar-refractivity contribution in [2.45, 2.75) is 70.2 Å². The van der Waals surface area contributed by atoms with Gasteiger partial charge in [0, 0.05) is 19.4 Å². The first-order valence-corrected chi connectivity index (χ1v) is 8.64. The molecule has 4 unspecified atom stereocenters. The Balaban J connectivity index is 2.11. The molecule has 148 valence electrons. The van der Waals surface area contributed by atoms with Crippen LogP contribution < -0.4 is 0 Å². The van der Waals surface area contributed by atoms with Crippen molar-refractivity contribution < 1.29 is 38.4 Å². The fourth-order valence-corrected chi connectivity index (χ4v) is 3.30. The summed E-state index contributed by atoms with van der Waals surface area (Å²) in [4.78, 5) is 22.4. The third kappa shape index (κ3) is 5.03. The standard InChI is InChI=1S/C18H28O8/c1-11(9-14(20)22-5)8-13-15-16(26-17(3,4)25-15)18(21,10-24-13)6-7-23-12(2)19/h9,13,15-16,21H,6-8,10H2,1-5H3/b11-9+. The average molecular weight is 372 g/mol. The van der Waals surface area contributed by atoms with E-state index in [0.29, 0.717) is 6.42 Å². The van der Waals surface area contributed by atoms with Crippen molar-refractivity contribution in [1.82, 2.24) is 0 Å². The van der Waals surface area contributed by atoms with E-state index in [1.165, 1.54) is 20.1 Å². The molecule has 0 radical (unpaired) electrons. The first-order valence-electron chi connectivity index (χ1n) is 8.64.